The van der Waals surface area contributed by atoms with E-state index in [-0.39, 0.29) is 24.4 Å². The molecule has 0 aliphatic rings. The Morgan fingerprint density at radius 3 is 2.36 bits per heavy atom. The minimum Gasteiger partial charge on any atom is -0.348 e. The fraction of sp³-hybridized carbons (Fsp3) is 0.238. The zero-order valence-corrected chi connectivity index (χ0v) is 14.7. The molecule has 130 valence electrons. The molecular formula is C21H24N2O2. The molecular weight excluding hydrogens is 312 g/mol. The highest BCUT2D eigenvalue weighted by atomic mass is 16.2. The van der Waals surface area contributed by atoms with Crippen molar-refractivity contribution < 1.29 is 9.59 Å². The van der Waals surface area contributed by atoms with E-state index in [9.17, 15) is 9.59 Å². The van der Waals surface area contributed by atoms with Crippen LogP contribution < -0.4 is 10.6 Å². The van der Waals surface area contributed by atoms with Gasteiger partial charge >= 0.3 is 0 Å². The first-order valence-electron chi connectivity index (χ1n) is 8.45. The Morgan fingerprint density at radius 1 is 1.04 bits per heavy atom. The van der Waals surface area contributed by atoms with Crippen LogP contribution in [0, 0.1) is 6.92 Å². The number of amides is 2. The van der Waals surface area contributed by atoms with Gasteiger partial charge < -0.3 is 10.6 Å². The molecule has 0 aliphatic heterocycles. The largest absolute Gasteiger partial charge is 0.348 e. The molecule has 0 saturated heterocycles. The molecule has 2 aromatic rings. The summed E-state index contributed by atoms with van der Waals surface area (Å²) in [5.74, 6) is -0.490. The van der Waals surface area contributed by atoms with Crippen LogP contribution in [0.5, 0.6) is 0 Å². The van der Waals surface area contributed by atoms with Crippen LogP contribution in [0.3, 0.4) is 0 Å². The van der Waals surface area contributed by atoms with E-state index in [1.807, 2.05) is 68.4 Å². The first kappa shape index (κ1) is 18.5. The Morgan fingerprint density at radius 2 is 1.72 bits per heavy atom. The van der Waals surface area contributed by atoms with Crippen molar-refractivity contribution in [1.82, 2.24) is 10.6 Å². The lowest BCUT2D eigenvalue weighted by molar-refractivity contribution is -0.124. The molecule has 0 bridgehead atoms. The standard InChI is InChI=1S/C21H24N2O2/c1-3-19(18-12-9-16(2)10-13-18)23-21(25)15-22-20(24)14-11-17-7-5-4-6-8-17/h4-14,19H,3,15H2,1-2H3,(H,22,24)(H,23,25)/b14-11+/t19-/m1/s1. The summed E-state index contributed by atoms with van der Waals surface area (Å²) in [6, 6.07) is 17.6. The van der Waals surface area contributed by atoms with Gasteiger partial charge in [0, 0.05) is 6.08 Å². The second-order valence-electron chi connectivity index (χ2n) is 5.90. The highest BCUT2D eigenvalue weighted by Crippen LogP contribution is 2.16. The lowest BCUT2D eigenvalue weighted by Crippen LogP contribution is -2.38. The van der Waals surface area contributed by atoms with E-state index in [1.54, 1.807) is 6.08 Å². The summed E-state index contributed by atoms with van der Waals surface area (Å²) in [4.78, 5) is 23.9. The maximum Gasteiger partial charge on any atom is 0.244 e. The fourth-order valence-electron chi connectivity index (χ4n) is 2.43. The van der Waals surface area contributed by atoms with Crippen LogP contribution in [0.4, 0.5) is 0 Å². The van der Waals surface area contributed by atoms with Crippen LogP contribution in [-0.4, -0.2) is 18.4 Å². The summed E-state index contributed by atoms with van der Waals surface area (Å²) >= 11 is 0. The van der Waals surface area contributed by atoms with E-state index in [4.69, 9.17) is 0 Å². The van der Waals surface area contributed by atoms with Gasteiger partial charge in [0.2, 0.25) is 11.8 Å². The van der Waals surface area contributed by atoms with E-state index in [2.05, 4.69) is 10.6 Å². The highest BCUT2D eigenvalue weighted by molar-refractivity contribution is 5.94. The third-order valence-corrected chi connectivity index (χ3v) is 3.87. The van der Waals surface area contributed by atoms with Crippen molar-refractivity contribution in [3.8, 4) is 0 Å². The van der Waals surface area contributed by atoms with Gasteiger partial charge in [-0.3, -0.25) is 9.59 Å². The predicted octanol–water partition coefficient (Wildman–Crippen LogP) is 3.39. The minimum absolute atomic E-state index is 0.0413. The Labute approximate surface area is 149 Å². The molecule has 4 heteroatoms. The summed E-state index contributed by atoms with van der Waals surface area (Å²) in [7, 11) is 0. The predicted molar refractivity (Wildman–Crippen MR) is 101 cm³/mol. The number of hydrogen-bond donors (Lipinski definition) is 2. The van der Waals surface area contributed by atoms with Gasteiger partial charge in [0.15, 0.2) is 0 Å². The van der Waals surface area contributed by atoms with Crippen molar-refractivity contribution in [2.24, 2.45) is 0 Å². The summed E-state index contributed by atoms with van der Waals surface area (Å²) in [5, 5.41) is 5.56. The van der Waals surface area contributed by atoms with Crippen LogP contribution in [0.1, 0.15) is 36.1 Å². The lowest BCUT2D eigenvalue weighted by atomic mass is 10.0. The van der Waals surface area contributed by atoms with Crippen LogP contribution in [0.2, 0.25) is 0 Å². The van der Waals surface area contributed by atoms with Crippen molar-refractivity contribution >= 4 is 17.9 Å². The molecule has 4 nitrogen and oxygen atoms in total. The zero-order valence-electron chi connectivity index (χ0n) is 14.7. The summed E-state index contributed by atoms with van der Waals surface area (Å²) in [5.41, 5.74) is 3.19. The van der Waals surface area contributed by atoms with Crippen molar-refractivity contribution in [3.05, 3.63) is 77.4 Å². The Kier molecular flexibility index (Phi) is 6.96. The van der Waals surface area contributed by atoms with Crippen molar-refractivity contribution in [2.75, 3.05) is 6.54 Å². The number of carbonyl (C=O) groups is 2. The molecule has 25 heavy (non-hydrogen) atoms. The first-order chi connectivity index (χ1) is 12.1. The van der Waals surface area contributed by atoms with Crippen LogP contribution in [-0.2, 0) is 9.59 Å². The summed E-state index contributed by atoms with van der Waals surface area (Å²) < 4.78 is 0. The van der Waals surface area contributed by atoms with Gasteiger partial charge in [-0.15, -0.1) is 0 Å². The van der Waals surface area contributed by atoms with Gasteiger partial charge in [0.05, 0.1) is 12.6 Å². The van der Waals surface area contributed by atoms with Crippen molar-refractivity contribution in [1.29, 1.82) is 0 Å². The maximum atomic E-state index is 12.1. The second kappa shape index (κ2) is 9.42. The molecule has 0 saturated carbocycles. The highest BCUT2D eigenvalue weighted by Gasteiger charge is 2.12. The van der Waals surface area contributed by atoms with Crippen molar-refractivity contribution in [2.45, 2.75) is 26.3 Å². The average molecular weight is 336 g/mol. The van der Waals surface area contributed by atoms with Crippen LogP contribution >= 0.6 is 0 Å². The summed E-state index contributed by atoms with van der Waals surface area (Å²) in [6.07, 6.45) is 3.94. The van der Waals surface area contributed by atoms with Crippen molar-refractivity contribution in [3.63, 3.8) is 0 Å². The molecule has 2 N–H and O–H groups in total. The number of hydrogen-bond acceptors (Lipinski definition) is 2. The molecule has 0 heterocycles. The molecule has 2 amide bonds. The molecule has 0 aliphatic carbocycles. The molecule has 0 aromatic heterocycles. The monoisotopic (exact) mass is 336 g/mol. The quantitative estimate of drug-likeness (QED) is 0.762. The van der Waals surface area contributed by atoms with E-state index in [1.165, 1.54) is 11.6 Å². The Balaban J connectivity index is 1.81. The Bertz CT molecular complexity index is 721. The molecule has 0 unspecified atom stereocenters. The molecule has 0 radical (unpaired) electrons. The third kappa shape index (κ3) is 6.26. The second-order valence-corrected chi connectivity index (χ2v) is 5.90. The van der Waals surface area contributed by atoms with E-state index >= 15 is 0 Å². The Hall–Kier alpha value is -2.88. The van der Waals surface area contributed by atoms with Gasteiger partial charge in [0.25, 0.3) is 0 Å². The number of carbonyl (C=O) groups excluding carboxylic acids is 2. The van der Waals surface area contributed by atoms with E-state index in [0.717, 1.165) is 17.5 Å². The zero-order chi connectivity index (χ0) is 18.1. The van der Waals surface area contributed by atoms with Crippen LogP contribution in [0.15, 0.2) is 60.7 Å². The molecule has 0 fully saturated rings. The maximum absolute atomic E-state index is 12.1. The average Bonchev–Trinajstić information content (AvgIpc) is 2.64. The summed E-state index contributed by atoms with van der Waals surface area (Å²) in [6.45, 7) is 4.01. The van der Waals surface area contributed by atoms with E-state index < -0.39 is 0 Å². The number of benzene rings is 2. The van der Waals surface area contributed by atoms with Gasteiger partial charge in [-0.2, -0.15) is 0 Å². The third-order valence-electron chi connectivity index (χ3n) is 3.87. The topological polar surface area (TPSA) is 58.2 Å². The fourth-order valence-corrected chi connectivity index (χ4v) is 2.43. The molecule has 0 spiro atoms. The molecule has 1 atom stereocenters. The number of aryl methyl sites for hydroxylation is 1. The first-order valence-corrected chi connectivity index (χ1v) is 8.45. The number of rotatable bonds is 7. The lowest BCUT2D eigenvalue weighted by Gasteiger charge is -2.17. The van der Waals surface area contributed by atoms with E-state index in [0.29, 0.717) is 0 Å². The molecule has 2 rings (SSSR count). The molecule has 2 aromatic carbocycles. The van der Waals surface area contributed by atoms with Crippen LogP contribution in [0.25, 0.3) is 6.08 Å². The normalized spacial score (nSPS) is 11.9. The minimum atomic E-state index is -0.289. The SMILES string of the molecule is CC[C@@H](NC(=O)CNC(=O)/C=C/c1ccccc1)c1ccc(C)cc1. The van der Waals surface area contributed by atoms with Gasteiger partial charge in [-0.05, 0) is 30.5 Å². The van der Waals surface area contributed by atoms with Gasteiger partial charge in [0.1, 0.15) is 0 Å². The van der Waals surface area contributed by atoms with Gasteiger partial charge in [-0.1, -0.05) is 67.1 Å². The smallest absolute Gasteiger partial charge is 0.244 e. The number of nitrogens with one attached hydrogen (secondary N) is 2. The van der Waals surface area contributed by atoms with Gasteiger partial charge in [-0.25, -0.2) is 0 Å².